The topological polar surface area (TPSA) is 106 Å². The fourth-order valence-electron chi connectivity index (χ4n) is 2.67. The van der Waals surface area contributed by atoms with Gasteiger partial charge in [-0.1, -0.05) is 0 Å². The van der Waals surface area contributed by atoms with Crippen LogP contribution in [0.25, 0.3) is 0 Å². The number of nitrogens with one attached hydrogen (secondary N) is 2. The SMILES string of the molecule is CCOc1cc(C(=O)NCCN2CCNCC2)c([N+](=O)[O-])cc1OC. The number of piperazine rings is 1. The summed E-state index contributed by atoms with van der Waals surface area (Å²) in [6.45, 7) is 6.97. The number of carbonyl (C=O) groups is 1. The van der Waals surface area contributed by atoms with Gasteiger partial charge in [-0.3, -0.25) is 19.8 Å². The molecular weight excluding hydrogens is 328 g/mol. The van der Waals surface area contributed by atoms with Crippen LogP contribution in [0.2, 0.25) is 0 Å². The molecule has 0 bridgehead atoms. The van der Waals surface area contributed by atoms with Gasteiger partial charge in [-0.25, -0.2) is 0 Å². The van der Waals surface area contributed by atoms with Crippen molar-refractivity contribution < 1.29 is 19.2 Å². The maximum atomic E-state index is 12.4. The van der Waals surface area contributed by atoms with E-state index in [1.165, 1.54) is 19.2 Å². The lowest BCUT2D eigenvalue weighted by Gasteiger charge is -2.27. The molecule has 9 heteroatoms. The van der Waals surface area contributed by atoms with Crippen molar-refractivity contribution >= 4 is 11.6 Å². The number of rotatable bonds is 8. The van der Waals surface area contributed by atoms with Crippen LogP contribution in [0.1, 0.15) is 17.3 Å². The van der Waals surface area contributed by atoms with E-state index >= 15 is 0 Å². The van der Waals surface area contributed by atoms with Crippen molar-refractivity contribution in [2.24, 2.45) is 0 Å². The Labute approximate surface area is 146 Å². The highest BCUT2D eigenvalue weighted by Crippen LogP contribution is 2.34. The Morgan fingerprint density at radius 3 is 2.68 bits per heavy atom. The average molecular weight is 352 g/mol. The first-order valence-corrected chi connectivity index (χ1v) is 8.27. The summed E-state index contributed by atoms with van der Waals surface area (Å²) in [5, 5.41) is 17.3. The van der Waals surface area contributed by atoms with Crippen LogP contribution in [0.5, 0.6) is 11.5 Å². The van der Waals surface area contributed by atoms with Crippen molar-refractivity contribution in [3.63, 3.8) is 0 Å². The normalized spacial score (nSPS) is 14.8. The summed E-state index contributed by atoms with van der Waals surface area (Å²) >= 11 is 0. The summed E-state index contributed by atoms with van der Waals surface area (Å²) in [5.41, 5.74) is -0.338. The van der Waals surface area contributed by atoms with Crippen LogP contribution >= 0.6 is 0 Å². The zero-order valence-corrected chi connectivity index (χ0v) is 14.5. The van der Waals surface area contributed by atoms with Crippen LogP contribution in [0, 0.1) is 10.1 Å². The molecule has 9 nitrogen and oxygen atoms in total. The van der Waals surface area contributed by atoms with E-state index in [2.05, 4.69) is 15.5 Å². The quantitative estimate of drug-likeness (QED) is 0.522. The second-order valence-corrected chi connectivity index (χ2v) is 5.56. The number of amides is 1. The fourth-order valence-corrected chi connectivity index (χ4v) is 2.67. The smallest absolute Gasteiger partial charge is 0.286 e. The molecule has 0 unspecified atom stereocenters. The van der Waals surface area contributed by atoms with Gasteiger partial charge in [0.25, 0.3) is 11.6 Å². The molecule has 1 aromatic carbocycles. The molecular formula is C16H24N4O5. The predicted molar refractivity (Wildman–Crippen MR) is 92.5 cm³/mol. The van der Waals surface area contributed by atoms with E-state index in [9.17, 15) is 14.9 Å². The predicted octanol–water partition coefficient (Wildman–Crippen LogP) is 0.637. The molecule has 25 heavy (non-hydrogen) atoms. The van der Waals surface area contributed by atoms with Gasteiger partial charge in [-0.2, -0.15) is 0 Å². The largest absolute Gasteiger partial charge is 0.493 e. The summed E-state index contributed by atoms with van der Waals surface area (Å²) in [4.78, 5) is 25.4. The molecule has 2 rings (SSSR count). The molecule has 1 amide bonds. The lowest BCUT2D eigenvalue weighted by atomic mass is 10.1. The third kappa shape index (κ3) is 5.04. The Morgan fingerprint density at radius 2 is 2.08 bits per heavy atom. The molecule has 0 saturated carbocycles. The number of hydrogen-bond donors (Lipinski definition) is 2. The number of nitro groups is 1. The Bertz CT molecular complexity index is 617. The molecule has 1 saturated heterocycles. The van der Waals surface area contributed by atoms with Crippen molar-refractivity contribution in [2.75, 3.05) is 53.0 Å². The first-order valence-electron chi connectivity index (χ1n) is 8.27. The summed E-state index contributed by atoms with van der Waals surface area (Å²) in [5.74, 6) is 0.0409. The Kier molecular flexibility index (Phi) is 6.96. The molecule has 0 aliphatic carbocycles. The summed E-state index contributed by atoms with van der Waals surface area (Å²) < 4.78 is 10.5. The van der Waals surface area contributed by atoms with Crippen LogP contribution in [0.4, 0.5) is 5.69 Å². The first kappa shape index (κ1) is 18.9. The highest BCUT2D eigenvalue weighted by molar-refractivity contribution is 5.99. The molecule has 0 aromatic heterocycles. The molecule has 1 aliphatic rings. The van der Waals surface area contributed by atoms with E-state index in [1.807, 2.05) is 0 Å². The van der Waals surface area contributed by atoms with E-state index in [-0.39, 0.29) is 17.0 Å². The monoisotopic (exact) mass is 352 g/mol. The van der Waals surface area contributed by atoms with Crippen LogP contribution < -0.4 is 20.1 Å². The Hall–Kier alpha value is -2.39. The number of nitrogens with zero attached hydrogens (tertiary/aromatic N) is 2. The van der Waals surface area contributed by atoms with Crippen molar-refractivity contribution in [3.05, 3.63) is 27.8 Å². The van der Waals surface area contributed by atoms with E-state index in [1.54, 1.807) is 6.92 Å². The van der Waals surface area contributed by atoms with Gasteiger partial charge in [-0.05, 0) is 6.92 Å². The summed E-state index contributed by atoms with van der Waals surface area (Å²) in [7, 11) is 1.40. The number of ether oxygens (including phenoxy) is 2. The van der Waals surface area contributed by atoms with Crippen LogP contribution in [0.15, 0.2) is 12.1 Å². The maximum absolute atomic E-state index is 12.4. The van der Waals surface area contributed by atoms with Crippen LogP contribution in [0.3, 0.4) is 0 Å². The molecule has 1 aliphatic heterocycles. The number of hydrogen-bond acceptors (Lipinski definition) is 7. The van der Waals surface area contributed by atoms with E-state index in [0.717, 1.165) is 26.2 Å². The van der Waals surface area contributed by atoms with Crippen molar-refractivity contribution in [2.45, 2.75) is 6.92 Å². The van der Waals surface area contributed by atoms with E-state index in [0.29, 0.717) is 25.4 Å². The van der Waals surface area contributed by atoms with Crippen molar-refractivity contribution in [1.29, 1.82) is 0 Å². The van der Waals surface area contributed by atoms with Crippen LogP contribution in [-0.4, -0.2) is 68.7 Å². The highest BCUT2D eigenvalue weighted by Gasteiger charge is 2.24. The molecule has 1 aromatic rings. The number of nitro benzene ring substituents is 1. The molecule has 0 spiro atoms. The number of methoxy groups -OCH3 is 1. The van der Waals surface area contributed by atoms with Gasteiger partial charge in [0, 0.05) is 45.3 Å². The molecule has 0 atom stereocenters. The van der Waals surface area contributed by atoms with Crippen molar-refractivity contribution in [1.82, 2.24) is 15.5 Å². The third-order valence-electron chi connectivity index (χ3n) is 3.95. The van der Waals surface area contributed by atoms with Gasteiger partial charge in [0.05, 0.1) is 24.7 Å². The average Bonchev–Trinajstić information content (AvgIpc) is 2.62. The minimum Gasteiger partial charge on any atom is -0.493 e. The van der Waals surface area contributed by atoms with Gasteiger partial charge < -0.3 is 20.1 Å². The lowest BCUT2D eigenvalue weighted by Crippen LogP contribution is -2.46. The van der Waals surface area contributed by atoms with Crippen LogP contribution in [-0.2, 0) is 0 Å². The third-order valence-corrected chi connectivity index (χ3v) is 3.95. The molecule has 2 N–H and O–H groups in total. The summed E-state index contributed by atoms with van der Waals surface area (Å²) in [6, 6.07) is 2.58. The van der Waals surface area contributed by atoms with E-state index < -0.39 is 10.8 Å². The zero-order chi connectivity index (χ0) is 18.2. The molecule has 138 valence electrons. The van der Waals surface area contributed by atoms with Gasteiger partial charge in [0.2, 0.25) is 0 Å². The minimum atomic E-state index is -0.594. The summed E-state index contributed by atoms with van der Waals surface area (Å²) in [6.07, 6.45) is 0. The van der Waals surface area contributed by atoms with E-state index in [4.69, 9.17) is 9.47 Å². The zero-order valence-electron chi connectivity index (χ0n) is 14.5. The number of benzene rings is 1. The lowest BCUT2D eigenvalue weighted by molar-refractivity contribution is -0.385. The molecule has 0 radical (unpaired) electrons. The maximum Gasteiger partial charge on any atom is 0.286 e. The van der Waals surface area contributed by atoms with Gasteiger partial charge >= 0.3 is 0 Å². The van der Waals surface area contributed by atoms with Gasteiger partial charge in [0.1, 0.15) is 5.56 Å². The second kappa shape index (κ2) is 9.19. The molecule has 1 heterocycles. The Balaban J connectivity index is 2.10. The van der Waals surface area contributed by atoms with Crippen molar-refractivity contribution in [3.8, 4) is 11.5 Å². The van der Waals surface area contributed by atoms with Gasteiger partial charge in [-0.15, -0.1) is 0 Å². The second-order valence-electron chi connectivity index (χ2n) is 5.56. The highest BCUT2D eigenvalue weighted by atomic mass is 16.6. The standard InChI is InChI=1S/C16H24N4O5/c1-3-25-15-10-12(13(20(22)23)11-14(15)24-2)16(21)18-6-9-19-7-4-17-5-8-19/h10-11,17H,3-9H2,1-2H3,(H,18,21). The number of carbonyl (C=O) groups excluding carboxylic acids is 1. The minimum absolute atomic E-state index is 0.0328. The molecule has 1 fully saturated rings. The first-order chi connectivity index (χ1) is 12.1. The fraction of sp³-hybridized carbons (Fsp3) is 0.562. The Morgan fingerprint density at radius 1 is 1.36 bits per heavy atom. The van der Waals surface area contributed by atoms with Gasteiger partial charge in [0.15, 0.2) is 11.5 Å².